The second-order valence-corrected chi connectivity index (χ2v) is 3.31. The van der Waals surface area contributed by atoms with Gasteiger partial charge in [-0.25, -0.2) is 0 Å². The number of nitrogens with two attached hydrogens (primary N) is 1. The molecule has 1 saturated heterocycles. The molecule has 15 heavy (non-hydrogen) atoms. The third kappa shape index (κ3) is 4.05. The number of amides is 1. The SMILES string of the molecule is CCOC(=O)CN1CCC[C@@H](N)C1=O.Cl. The summed E-state index contributed by atoms with van der Waals surface area (Å²) in [5, 5.41) is 0. The Bertz CT molecular complexity index is 235. The van der Waals surface area contributed by atoms with E-state index in [1.165, 1.54) is 4.90 Å². The monoisotopic (exact) mass is 236 g/mol. The number of carbonyl (C=O) groups is 2. The van der Waals surface area contributed by atoms with Crippen LogP contribution < -0.4 is 5.73 Å². The predicted octanol–water partition coefficient (Wildman–Crippen LogP) is -0.0790. The average Bonchev–Trinajstić information content (AvgIpc) is 2.13. The number of piperidine rings is 1. The van der Waals surface area contributed by atoms with Crippen LogP contribution in [0.15, 0.2) is 0 Å². The van der Waals surface area contributed by atoms with E-state index in [2.05, 4.69) is 0 Å². The van der Waals surface area contributed by atoms with E-state index in [0.29, 0.717) is 19.6 Å². The quantitative estimate of drug-likeness (QED) is 0.696. The highest BCUT2D eigenvalue weighted by Gasteiger charge is 2.27. The second-order valence-electron chi connectivity index (χ2n) is 3.31. The molecule has 0 aromatic carbocycles. The van der Waals surface area contributed by atoms with Gasteiger partial charge in [0.1, 0.15) is 6.54 Å². The molecule has 2 N–H and O–H groups in total. The van der Waals surface area contributed by atoms with Crippen molar-refractivity contribution in [2.24, 2.45) is 5.73 Å². The Balaban J connectivity index is 0.00000196. The third-order valence-electron chi connectivity index (χ3n) is 2.20. The molecule has 5 nitrogen and oxygen atoms in total. The Hall–Kier alpha value is -0.810. The number of halogens is 1. The van der Waals surface area contributed by atoms with E-state index < -0.39 is 6.04 Å². The fourth-order valence-electron chi connectivity index (χ4n) is 1.49. The molecule has 0 saturated carbocycles. The molecular weight excluding hydrogens is 220 g/mol. The van der Waals surface area contributed by atoms with Gasteiger partial charge >= 0.3 is 5.97 Å². The molecule has 1 amide bonds. The van der Waals surface area contributed by atoms with Crippen LogP contribution in [0.3, 0.4) is 0 Å². The van der Waals surface area contributed by atoms with Crippen LogP contribution in [0.4, 0.5) is 0 Å². The lowest BCUT2D eigenvalue weighted by atomic mass is 10.1. The number of nitrogens with zero attached hydrogens (tertiary/aromatic N) is 1. The van der Waals surface area contributed by atoms with Crippen molar-refractivity contribution in [3.05, 3.63) is 0 Å². The Kier molecular flexibility index (Phi) is 6.27. The van der Waals surface area contributed by atoms with Crippen LogP contribution in [0.2, 0.25) is 0 Å². The molecule has 6 heteroatoms. The van der Waals surface area contributed by atoms with Crippen LogP contribution in [0.5, 0.6) is 0 Å². The van der Waals surface area contributed by atoms with Gasteiger partial charge in [-0.3, -0.25) is 9.59 Å². The van der Waals surface area contributed by atoms with E-state index in [1.54, 1.807) is 6.92 Å². The molecule has 0 spiro atoms. The Labute approximate surface area is 95.3 Å². The standard InChI is InChI=1S/C9H16N2O3.ClH/c1-2-14-8(12)6-11-5-3-4-7(10)9(11)13;/h7H,2-6,10H2,1H3;1H/t7-;/m1./s1. The lowest BCUT2D eigenvalue weighted by molar-refractivity contribution is -0.150. The van der Waals surface area contributed by atoms with E-state index in [9.17, 15) is 9.59 Å². The number of rotatable bonds is 3. The highest BCUT2D eigenvalue weighted by Crippen LogP contribution is 2.09. The summed E-state index contributed by atoms with van der Waals surface area (Å²) in [5.74, 6) is -0.515. The van der Waals surface area contributed by atoms with E-state index >= 15 is 0 Å². The van der Waals surface area contributed by atoms with Crippen molar-refractivity contribution in [3.63, 3.8) is 0 Å². The van der Waals surface area contributed by atoms with Crippen molar-refractivity contribution in [1.82, 2.24) is 4.90 Å². The van der Waals surface area contributed by atoms with Crippen molar-refractivity contribution in [2.75, 3.05) is 19.7 Å². The number of esters is 1. The molecule has 0 radical (unpaired) electrons. The number of ether oxygens (including phenoxy) is 1. The zero-order valence-corrected chi connectivity index (χ0v) is 9.59. The molecule has 0 unspecified atom stereocenters. The molecule has 1 aliphatic rings. The Morgan fingerprint density at radius 1 is 1.67 bits per heavy atom. The summed E-state index contributed by atoms with van der Waals surface area (Å²) in [6.45, 7) is 2.71. The molecule has 1 atom stereocenters. The molecule has 0 aliphatic carbocycles. The fourth-order valence-corrected chi connectivity index (χ4v) is 1.49. The minimum Gasteiger partial charge on any atom is -0.465 e. The summed E-state index contributed by atoms with van der Waals surface area (Å²) >= 11 is 0. The van der Waals surface area contributed by atoms with Crippen molar-refractivity contribution < 1.29 is 14.3 Å². The van der Waals surface area contributed by atoms with Crippen LogP contribution in [0, 0.1) is 0 Å². The smallest absolute Gasteiger partial charge is 0.325 e. The van der Waals surface area contributed by atoms with Crippen LogP contribution in [-0.2, 0) is 14.3 Å². The number of hydrogen-bond acceptors (Lipinski definition) is 4. The van der Waals surface area contributed by atoms with Gasteiger partial charge in [-0.1, -0.05) is 0 Å². The molecule has 0 bridgehead atoms. The largest absolute Gasteiger partial charge is 0.465 e. The van der Waals surface area contributed by atoms with Crippen molar-refractivity contribution >= 4 is 24.3 Å². The van der Waals surface area contributed by atoms with Gasteiger partial charge in [-0.15, -0.1) is 12.4 Å². The van der Waals surface area contributed by atoms with Gasteiger partial charge in [-0.05, 0) is 19.8 Å². The van der Waals surface area contributed by atoms with Gasteiger partial charge in [0.25, 0.3) is 0 Å². The lowest BCUT2D eigenvalue weighted by Crippen LogP contribution is -2.50. The number of carbonyl (C=O) groups excluding carboxylic acids is 2. The normalized spacial score (nSPS) is 20.8. The van der Waals surface area contributed by atoms with Crippen LogP contribution in [0.1, 0.15) is 19.8 Å². The first kappa shape index (κ1) is 14.2. The van der Waals surface area contributed by atoms with E-state index in [0.717, 1.165) is 6.42 Å². The molecule has 1 aliphatic heterocycles. The maximum atomic E-state index is 11.5. The van der Waals surface area contributed by atoms with Crippen LogP contribution >= 0.6 is 12.4 Å². The highest BCUT2D eigenvalue weighted by atomic mass is 35.5. The Morgan fingerprint density at radius 2 is 2.33 bits per heavy atom. The first-order valence-corrected chi connectivity index (χ1v) is 4.85. The van der Waals surface area contributed by atoms with E-state index in [-0.39, 0.29) is 30.8 Å². The molecule has 0 aromatic heterocycles. The van der Waals surface area contributed by atoms with Crippen LogP contribution in [-0.4, -0.2) is 42.5 Å². The molecule has 1 heterocycles. The lowest BCUT2D eigenvalue weighted by Gasteiger charge is -2.29. The molecule has 1 fully saturated rings. The number of hydrogen-bond donors (Lipinski definition) is 1. The first-order chi connectivity index (χ1) is 6.65. The molecule has 88 valence electrons. The van der Waals surface area contributed by atoms with Gasteiger partial charge in [0, 0.05) is 6.54 Å². The number of likely N-dealkylation sites (tertiary alicyclic amines) is 1. The molecular formula is C9H17ClN2O3. The Morgan fingerprint density at radius 3 is 2.93 bits per heavy atom. The topological polar surface area (TPSA) is 72.6 Å². The second kappa shape index (κ2) is 6.63. The minimum absolute atomic E-state index is 0. The minimum atomic E-state index is -0.446. The van der Waals surface area contributed by atoms with E-state index in [4.69, 9.17) is 10.5 Å². The first-order valence-electron chi connectivity index (χ1n) is 4.85. The predicted molar refractivity (Wildman–Crippen MR) is 57.7 cm³/mol. The van der Waals surface area contributed by atoms with Crippen LogP contribution in [0.25, 0.3) is 0 Å². The highest BCUT2D eigenvalue weighted by molar-refractivity contribution is 5.86. The summed E-state index contributed by atoms with van der Waals surface area (Å²) < 4.78 is 4.75. The zero-order valence-electron chi connectivity index (χ0n) is 8.77. The van der Waals surface area contributed by atoms with Crippen molar-refractivity contribution in [2.45, 2.75) is 25.8 Å². The summed E-state index contributed by atoms with van der Waals surface area (Å²) in [4.78, 5) is 24.0. The summed E-state index contributed by atoms with van der Waals surface area (Å²) in [5.41, 5.74) is 5.58. The molecule has 1 rings (SSSR count). The summed E-state index contributed by atoms with van der Waals surface area (Å²) in [6.07, 6.45) is 1.56. The maximum absolute atomic E-state index is 11.5. The van der Waals surface area contributed by atoms with E-state index in [1.807, 2.05) is 0 Å². The van der Waals surface area contributed by atoms with Crippen molar-refractivity contribution in [3.8, 4) is 0 Å². The van der Waals surface area contributed by atoms with Gasteiger partial charge in [0.15, 0.2) is 0 Å². The maximum Gasteiger partial charge on any atom is 0.325 e. The summed E-state index contributed by atoms with van der Waals surface area (Å²) in [7, 11) is 0. The molecule has 0 aromatic rings. The third-order valence-corrected chi connectivity index (χ3v) is 2.20. The average molecular weight is 237 g/mol. The van der Waals surface area contributed by atoms with Gasteiger partial charge in [0.05, 0.1) is 12.6 Å². The fraction of sp³-hybridized carbons (Fsp3) is 0.778. The zero-order chi connectivity index (χ0) is 10.6. The van der Waals surface area contributed by atoms with Gasteiger partial charge in [0.2, 0.25) is 5.91 Å². The van der Waals surface area contributed by atoms with Crippen molar-refractivity contribution in [1.29, 1.82) is 0 Å². The van der Waals surface area contributed by atoms with Gasteiger partial charge < -0.3 is 15.4 Å². The summed E-state index contributed by atoms with van der Waals surface area (Å²) in [6, 6.07) is -0.446. The van der Waals surface area contributed by atoms with Gasteiger partial charge in [-0.2, -0.15) is 0 Å².